The largest absolute Gasteiger partial charge is 0.381 e. The second-order valence-corrected chi connectivity index (χ2v) is 14.4. The quantitative estimate of drug-likeness (QED) is 0.186. The third-order valence-electron chi connectivity index (χ3n) is 11.1. The number of fused-ring (bicyclic) bond motifs is 4. The summed E-state index contributed by atoms with van der Waals surface area (Å²) in [6.45, 7) is 0. The molecule has 4 heteroatoms. The molecular formula is C52H34N4. The molecule has 3 aliphatic rings. The molecule has 2 aliphatic carbocycles. The number of nitrogens with one attached hydrogen (secondary N) is 1. The summed E-state index contributed by atoms with van der Waals surface area (Å²) in [6.07, 6.45) is 12.8. The van der Waals surface area contributed by atoms with Crippen LogP contribution in [0.25, 0.3) is 95.0 Å². The van der Waals surface area contributed by atoms with Crippen molar-refractivity contribution in [1.29, 1.82) is 0 Å². The van der Waals surface area contributed by atoms with Crippen LogP contribution in [0.5, 0.6) is 0 Å². The van der Waals surface area contributed by atoms with Crippen molar-refractivity contribution in [2.24, 2.45) is 0 Å². The summed E-state index contributed by atoms with van der Waals surface area (Å²) >= 11 is 0. The Kier molecular flexibility index (Phi) is 7.52. The molecule has 56 heavy (non-hydrogen) atoms. The number of rotatable bonds is 6. The molecule has 0 amide bonds. The van der Waals surface area contributed by atoms with Gasteiger partial charge in [0.15, 0.2) is 17.5 Å². The van der Waals surface area contributed by atoms with E-state index in [2.05, 4.69) is 139 Å². The first-order chi connectivity index (χ1) is 27.7. The molecule has 1 N–H and O–H groups in total. The maximum Gasteiger partial charge on any atom is 0.164 e. The van der Waals surface area contributed by atoms with Gasteiger partial charge in [0.25, 0.3) is 0 Å². The summed E-state index contributed by atoms with van der Waals surface area (Å²) in [5.74, 6) is 1.91. The van der Waals surface area contributed by atoms with Gasteiger partial charge in [-0.3, -0.25) is 0 Å². The van der Waals surface area contributed by atoms with Gasteiger partial charge >= 0.3 is 0 Å². The third kappa shape index (κ3) is 5.42. The molecule has 0 spiro atoms. The Balaban J connectivity index is 1.06. The van der Waals surface area contributed by atoms with E-state index >= 15 is 0 Å². The van der Waals surface area contributed by atoms with Gasteiger partial charge in [-0.05, 0) is 102 Å². The van der Waals surface area contributed by atoms with Crippen LogP contribution in [-0.2, 0) is 0 Å². The van der Waals surface area contributed by atoms with Gasteiger partial charge in [-0.1, -0.05) is 164 Å². The van der Waals surface area contributed by atoms with Crippen molar-refractivity contribution in [2.75, 3.05) is 0 Å². The minimum absolute atomic E-state index is 0.114. The van der Waals surface area contributed by atoms with Crippen molar-refractivity contribution in [2.45, 2.75) is 6.04 Å². The number of allylic oxidation sites excluding steroid dienone is 4. The Hall–Kier alpha value is -7.43. The monoisotopic (exact) mass is 714 g/mol. The fourth-order valence-electron chi connectivity index (χ4n) is 8.46. The van der Waals surface area contributed by atoms with Crippen LogP contribution in [0.4, 0.5) is 0 Å². The van der Waals surface area contributed by atoms with E-state index in [4.69, 9.17) is 15.0 Å². The second-order valence-electron chi connectivity index (χ2n) is 14.4. The van der Waals surface area contributed by atoms with Crippen LogP contribution >= 0.6 is 0 Å². The molecule has 4 nitrogen and oxygen atoms in total. The van der Waals surface area contributed by atoms with E-state index in [1.165, 1.54) is 55.3 Å². The molecule has 0 fully saturated rings. The van der Waals surface area contributed by atoms with E-state index in [0.717, 1.165) is 33.4 Å². The third-order valence-corrected chi connectivity index (χ3v) is 11.1. The highest BCUT2D eigenvalue weighted by atomic mass is 15.0. The zero-order chi connectivity index (χ0) is 37.0. The summed E-state index contributed by atoms with van der Waals surface area (Å²) < 4.78 is 0. The standard InChI is InChI=1S/C52H34N4/c1-3-12-35(13-4-1)50-54-51(36-14-5-2-6-15-36)56-52(55-50)39-31-37(30-38(32-39)41-28-29-53-48-21-10-9-18-44(41)48)33-22-24-34(25-23-33)40-26-27-47-43-17-8-7-16-42(43)46-20-11-19-45(40)49(46)47/h1-32,48,53H. The Bertz CT molecular complexity index is 2890. The lowest BCUT2D eigenvalue weighted by Gasteiger charge is -2.25. The number of benzene rings is 7. The predicted molar refractivity (Wildman–Crippen MR) is 230 cm³/mol. The van der Waals surface area contributed by atoms with Crippen LogP contribution in [-0.4, -0.2) is 21.0 Å². The van der Waals surface area contributed by atoms with E-state index in [1.807, 2.05) is 60.7 Å². The predicted octanol–water partition coefficient (Wildman–Crippen LogP) is 12.4. The summed E-state index contributed by atoms with van der Waals surface area (Å²) in [6, 6.07) is 56.2. The van der Waals surface area contributed by atoms with Crippen LogP contribution in [0.1, 0.15) is 5.56 Å². The normalized spacial score (nSPS) is 14.8. The molecule has 0 bridgehead atoms. The lowest BCUT2D eigenvalue weighted by atomic mass is 9.87. The maximum atomic E-state index is 5.13. The molecule has 0 radical (unpaired) electrons. The summed E-state index contributed by atoms with van der Waals surface area (Å²) in [5.41, 5.74) is 16.2. The summed E-state index contributed by atoms with van der Waals surface area (Å²) in [5, 5.41) is 6.12. The Labute approximate surface area is 325 Å². The van der Waals surface area contributed by atoms with Crippen LogP contribution in [0.15, 0.2) is 200 Å². The van der Waals surface area contributed by atoms with Crippen molar-refractivity contribution >= 4 is 16.3 Å². The van der Waals surface area contributed by atoms with Crippen LogP contribution < -0.4 is 5.32 Å². The van der Waals surface area contributed by atoms with Gasteiger partial charge in [0.1, 0.15) is 0 Å². The van der Waals surface area contributed by atoms with Crippen LogP contribution in [0.3, 0.4) is 0 Å². The van der Waals surface area contributed by atoms with Gasteiger partial charge in [0, 0.05) is 16.7 Å². The highest BCUT2D eigenvalue weighted by molar-refractivity contribution is 6.18. The number of dihydropyridines is 1. The Morgan fingerprint density at radius 1 is 0.393 bits per heavy atom. The van der Waals surface area contributed by atoms with Gasteiger partial charge in [-0.15, -0.1) is 0 Å². The maximum absolute atomic E-state index is 5.13. The molecular weight excluding hydrogens is 681 g/mol. The average Bonchev–Trinajstić information content (AvgIpc) is 3.61. The molecule has 1 aliphatic heterocycles. The fraction of sp³-hybridized carbons (Fsp3) is 0.0192. The molecule has 2 heterocycles. The molecule has 11 rings (SSSR count). The zero-order valence-corrected chi connectivity index (χ0v) is 30.4. The molecule has 8 aromatic rings. The van der Waals surface area contributed by atoms with Crippen molar-refractivity contribution in [3.8, 4) is 78.7 Å². The Morgan fingerprint density at radius 2 is 0.964 bits per heavy atom. The molecule has 262 valence electrons. The van der Waals surface area contributed by atoms with E-state index < -0.39 is 0 Å². The lowest BCUT2D eigenvalue weighted by molar-refractivity contribution is 0.798. The van der Waals surface area contributed by atoms with Crippen LogP contribution in [0, 0.1) is 0 Å². The Morgan fingerprint density at radius 3 is 1.68 bits per heavy atom. The minimum Gasteiger partial charge on any atom is -0.381 e. The molecule has 0 saturated carbocycles. The van der Waals surface area contributed by atoms with Crippen molar-refractivity contribution < 1.29 is 0 Å². The number of aromatic nitrogens is 3. The first-order valence-corrected chi connectivity index (χ1v) is 19.1. The summed E-state index contributed by atoms with van der Waals surface area (Å²) in [4.78, 5) is 15.2. The van der Waals surface area contributed by atoms with E-state index in [1.54, 1.807) is 0 Å². The van der Waals surface area contributed by atoms with Gasteiger partial charge in [0.05, 0.1) is 6.04 Å². The number of hydrogen-bond donors (Lipinski definition) is 1. The fourth-order valence-corrected chi connectivity index (χ4v) is 8.46. The van der Waals surface area contributed by atoms with Crippen molar-refractivity contribution in [3.05, 3.63) is 205 Å². The smallest absolute Gasteiger partial charge is 0.164 e. The number of nitrogens with zero attached hydrogens (tertiary/aromatic N) is 3. The van der Waals surface area contributed by atoms with Gasteiger partial charge in [0.2, 0.25) is 0 Å². The molecule has 7 aromatic carbocycles. The molecule has 1 aromatic heterocycles. The first-order valence-electron chi connectivity index (χ1n) is 19.1. The zero-order valence-electron chi connectivity index (χ0n) is 30.4. The van der Waals surface area contributed by atoms with Crippen LogP contribution in [0.2, 0.25) is 0 Å². The van der Waals surface area contributed by atoms with Crippen molar-refractivity contribution in [1.82, 2.24) is 20.3 Å². The lowest BCUT2D eigenvalue weighted by Crippen LogP contribution is -2.27. The highest BCUT2D eigenvalue weighted by Gasteiger charge is 2.23. The number of hydrogen-bond acceptors (Lipinski definition) is 4. The van der Waals surface area contributed by atoms with Crippen molar-refractivity contribution in [3.63, 3.8) is 0 Å². The van der Waals surface area contributed by atoms with E-state index in [9.17, 15) is 0 Å². The van der Waals surface area contributed by atoms with E-state index in [-0.39, 0.29) is 6.04 Å². The molecule has 1 unspecified atom stereocenters. The molecule has 0 saturated heterocycles. The van der Waals surface area contributed by atoms with Gasteiger partial charge in [-0.25, -0.2) is 15.0 Å². The summed E-state index contributed by atoms with van der Waals surface area (Å²) in [7, 11) is 0. The highest BCUT2D eigenvalue weighted by Crippen LogP contribution is 2.49. The van der Waals surface area contributed by atoms with Gasteiger partial charge < -0.3 is 5.32 Å². The second kappa shape index (κ2) is 13.2. The topological polar surface area (TPSA) is 50.7 Å². The molecule has 1 atom stereocenters. The SMILES string of the molecule is C1=CC2=C(c3cc(-c4ccc(-c5ccc6c7c(cccc57)-c5ccccc5-6)cc4)cc(-c4nc(-c5ccccc5)nc(-c5ccccc5)n4)c3)C=CNC2C=C1. The minimum atomic E-state index is 0.114. The van der Waals surface area contributed by atoms with Gasteiger partial charge in [-0.2, -0.15) is 0 Å². The van der Waals surface area contributed by atoms with E-state index in [0.29, 0.717) is 17.5 Å². The average molecular weight is 715 g/mol. The first kappa shape index (κ1) is 32.0.